The Morgan fingerprint density at radius 3 is 2.67 bits per heavy atom. The van der Waals surface area contributed by atoms with Crippen LogP contribution < -0.4 is 9.47 Å². The highest BCUT2D eigenvalue weighted by Crippen LogP contribution is 2.24. The Morgan fingerprint density at radius 2 is 2.00 bits per heavy atom. The van der Waals surface area contributed by atoms with Crippen molar-refractivity contribution in [1.82, 2.24) is 0 Å². The Bertz CT molecular complexity index is 667. The zero-order chi connectivity index (χ0) is 15.4. The number of hydrogen-bond acceptors (Lipinski definition) is 3. The smallest absolute Gasteiger partial charge is 0.339 e. The van der Waals surface area contributed by atoms with Gasteiger partial charge in [0.25, 0.3) is 0 Å². The third-order valence-electron chi connectivity index (χ3n) is 3.01. The van der Waals surface area contributed by atoms with Crippen molar-refractivity contribution in [3.8, 4) is 11.5 Å². The van der Waals surface area contributed by atoms with Gasteiger partial charge in [-0.15, -0.1) is 0 Å². The Labute approximate surface area is 121 Å². The molecule has 0 bridgehead atoms. The molecule has 4 nitrogen and oxygen atoms in total. The van der Waals surface area contributed by atoms with Gasteiger partial charge in [-0.1, -0.05) is 18.2 Å². The first kappa shape index (κ1) is 14.8. The first-order chi connectivity index (χ1) is 10.0. The van der Waals surface area contributed by atoms with Crippen LogP contribution in [0, 0.1) is 12.7 Å². The highest BCUT2D eigenvalue weighted by Gasteiger charge is 2.13. The highest BCUT2D eigenvalue weighted by molar-refractivity contribution is 5.90. The third kappa shape index (κ3) is 3.31. The summed E-state index contributed by atoms with van der Waals surface area (Å²) >= 11 is 0. The molecule has 1 N–H and O–H groups in total. The molecule has 2 aromatic carbocycles. The molecule has 0 radical (unpaired) electrons. The van der Waals surface area contributed by atoms with Gasteiger partial charge >= 0.3 is 5.97 Å². The lowest BCUT2D eigenvalue weighted by molar-refractivity contribution is 0.0691. The molecule has 0 aliphatic carbocycles. The molecule has 0 aliphatic rings. The molecule has 21 heavy (non-hydrogen) atoms. The highest BCUT2D eigenvalue weighted by atomic mass is 19.1. The summed E-state index contributed by atoms with van der Waals surface area (Å²) in [4.78, 5) is 11.1. The van der Waals surface area contributed by atoms with E-state index in [9.17, 15) is 9.18 Å². The lowest BCUT2D eigenvalue weighted by atomic mass is 10.1. The van der Waals surface area contributed by atoms with Gasteiger partial charge in [0.2, 0.25) is 0 Å². The number of carboxylic acid groups (broad SMARTS) is 1. The molecular weight excluding hydrogens is 275 g/mol. The minimum Gasteiger partial charge on any atom is -0.494 e. The third-order valence-corrected chi connectivity index (χ3v) is 3.01. The van der Waals surface area contributed by atoms with Gasteiger partial charge in [-0.05, 0) is 30.7 Å². The van der Waals surface area contributed by atoms with Gasteiger partial charge in [-0.3, -0.25) is 0 Å². The van der Waals surface area contributed by atoms with E-state index >= 15 is 0 Å². The van der Waals surface area contributed by atoms with E-state index < -0.39 is 11.8 Å². The van der Waals surface area contributed by atoms with E-state index in [0.29, 0.717) is 5.56 Å². The molecule has 0 heterocycles. The van der Waals surface area contributed by atoms with Crippen molar-refractivity contribution >= 4 is 5.97 Å². The summed E-state index contributed by atoms with van der Waals surface area (Å²) < 4.78 is 24.4. The predicted molar refractivity (Wildman–Crippen MR) is 75.4 cm³/mol. The molecule has 0 atom stereocenters. The number of rotatable bonds is 5. The fraction of sp³-hybridized carbons (Fsp3) is 0.188. The Morgan fingerprint density at radius 1 is 1.24 bits per heavy atom. The molecule has 0 fully saturated rings. The van der Waals surface area contributed by atoms with E-state index in [-0.39, 0.29) is 23.7 Å². The average molecular weight is 290 g/mol. The van der Waals surface area contributed by atoms with Crippen molar-refractivity contribution in [2.75, 3.05) is 7.11 Å². The minimum absolute atomic E-state index is 0.0453. The van der Waals surface area contributed by atoms with E-state index in [1.807, 2.05) is 6.92 Å². The van der Waals surface area contributed by atoms with Gasteiger partial charge in [0.1, 0.15) is 17.9 Å². The standard InChI is InChI=1S/C16H15FO4/c1-10-6-7-12(16(18)19)14(8-10)21-9-11-4-3-5-13(20-2)15(11)17/h3-8H,9H2,1-2H3,(H,18,19). The first-order valence-corrected chi connectivity index (χ1v) is 6.31. The summed E-state index contributed by atoms with van der Waals surface area (Å²) in [6, 6.07) is 9.48. The predicted octanol–water partition coefficient (Wildman–Crippen LogP) is 3.42. The molecule has 0 saturated heterocycles. The lowest BCUT2D eigenvalue weighted by Crippen LogP contribution is -2.05. The van der Waals surface area contributed by atoms with Crippen molar-refractivity contribution in [1.29, 1.82) is 0 Å². The van der Waals surface area contributed by atoms with Crippen LogP contribution >= 0.6 is 0 Å². The van der Waals surface area contributed by atoms with Crippen molar-refractivity contribution < 1.29 is 23.8 Å². The summed E-state index contributed by atoms with van der Waals surface area (Å²) in [5, 5.41) is 9.12. The van der Waals surface area contributed by atoms with Crippen LogP contribution in [0.5, 0.6) is 11.5 Å². The topological polar surface area (TPSA) is 55.8 Å². The van der Waals surface area contributed by atoms with Gasteiger partial charge in [-0.25, -0.2) is 9.18 Å². The van der Waals surface area contributed by atoms with Crippen LogP contribution in [0.1, 0.15) is 21.5 Å². The molecule has 2 aromatic rings. The van der Waals surface area contributed by atoms with Gasteiger partial charge in [0, 0.05) is 5.56 Å². The lowest BCUT2D eigenvalue weighted by Gasteiger charge is -2.11. The van der Waals surface area contributed by atoms with Gasteiger partial charge in [0.15, 0.2) is 11.6 Å². The Hall–Kier alpha value is -2.56. The number of carboxylic acids is 1. The second-order valence-electron chi connectivity index (χ2n) is 4.53. The number of benzene rings is 2. The summed E-state index contributed by atoms with van der Waals surface area (Å²) in [5.74, 6) is -1.26. The number of aryl methyl sites for hydroxylation is 1. The van der Waals surface area contributed by atoms with E-state index in [4.69, 9.17) is 14.6 Å². The van der Waals surface area contributed by atoms with Gasteiger partial charge in [0.05, 0.1) is 7.11 Å². The monoisotopic (exact) mass is 290 g/mol. The summed E-state index contributed by atoms with van der Waals surface area (Å²) in [7, 11) is 1.38. The maximum Gasteiger partial charge on any atom is 0.339 e. The van der Waals surface area contributed by atoms with Gasteiger partial charge < -0.3 is 14.6 Å². The number of carbonyl (C=O) groups is 1. The minimum atomic E-state index is -1.09. The van der Waals surface area contributed by atoms with Crippen LogP contribution in [0.25, 0.3) is 0 Å². The Balaban J connectivity index is 2.24. The molecule has 110 valence electrons. The zero-order valence-corrected chi connectivity index (χ0v) is 11.7. The zero-order valence-electron chi connectivity index (χ0n) is 11.7. The fourth-order valence-corrected chi connectivity index (χ4v) is 1.91. The number of hydrogen-bond donors (Lipinski definition) is 1. The van der Waals surface area contributed by atoms with Crippen LogP contribution in [0.3, 0.4) is 0 Å². The van der Waals surface area contributed by atoms with E-state index in [1.165, 1.54) is 19.2 Å². The molecule has 0 saturated carbocycles. The van der Waals surface area contributed by atoms with Crippen LogP contribution in [0.4, 0.5) is 4.39 Å². The summed E-state index contributed by atoms with van der Waals surface area (Å²) in [5.41, 5.74) is 1.21. The number of methoxy groups -OCH3 is 1. The van der Waals surface area contributed by atoms with E-state index in [1.54, 1.807) is 24.3 Å². The maximum absolute atomic E-state index is 14.0. The van der Waals surface area contributed by atoms with Crippen LogP contribution in [-0.4, -0.2) is 18.2 Å². The summed E-state index contributed by atoms with van der Waals surface area (Å²) in [6.07, 6.45) is 0. The number of aromatic carboxylic acids is 1. The fourth-order valence-electron chi connectivity index (χ4n) is 1.91. The molecule has 0 aliphatic heterocycles. The number of halogens is 1. The van der Waals surface area contributed by atoms with Crippen LogP contribution in [0.2, 0.25) is 0 Å². The second-order valence-corrected chi connectivity index (χ2v) is 4.53. The average Bonchev–Trinajstić information content (AvgIpc) is 2.46. The first-order valence-electron chi connectivity index (χ1n) is 6.31. The van der Waals surface area contributed by atoms with Crippen LogP contribution in [-0.2, 0) is 6.61 Å². The molecule has 0 spiro atoms. The van der Waals surface area contributed by atoms with Crippen molar-refractivity contribution in [3.05, 3.63) is 58.9 Å². The molecular formula is C16H15FO4. The molecule has 2 rings (SSSR count). The quantitative estimate of drug-likeness (QED) is 0.916. The van der Waals surface area contributed by atoms with E-state index in [2.05, 4.69) is 0 Å². The molecule has 0 unspecified atom stereocenters. The molecule has 0 amide bonds. The van der Waals surface area contributed by atoms with Crippen LogP contribution in [0.15, 0.2) is 36.4 Å². The molecule has 5 heteroatoms. The van der Waals surface area contributed by atoms with Crippen molar-refractivity contribution in [2.45, 2.75) is 13.5 Å². The van der Waals surface area contributed by atoms with E-state index in [0.717, 1.165) is 5.56 Å². The SMILES string of the molecule is COc1cccc(COc2cc(C)ccc2C(=O)O)c1F. The Kier molecular flexibility index (Phi) is 4.42. The van der Waals surface area contributed by atoms with Crippen molar-refractivity contribution in [2.24, 2.45) is 0 Å². The maximum atomic E-state index is 14.0. The summed E-state index contributed by atoms with van der Waals surface area (Å²) in [6.45, 7) is 1.75. The number of ether oxygens (including phenoxy) is 2. The van der Waals surface area contributed by atoms with Crippen molar-refractivity contribution in [3.63, 3.8) is 0 Å². The molecule has 0 aromatic heterocycles. The van der Waals surface area contributed by atoms with Gasteiger partial charge in [-0.2, -0.15) is 0 Å². The largest absolute Gasteiger partial charge is 0.494 e. The normalized spacial score (nSPS) is 10.2. The second kappa shape index (κ2) is 6.26.